The fourth-order valence-electron chi connectivity index (χ4n) is 8.40. The normalized spacial score (nSPS) is 14.8. The molecule has 300 valence electrons. The number of benzene rings is 3. The summed E-state index contributed by atoms with van der Waals surface area (Å²) in [5.74, 6) is 1.88. The third kappa shape index (κ3) is 7.69. The van der Waals surface area contributed by atoms with E-state index in [1.807, 2.05) is 48.5 Å². The standard InChI is InChI=1S/C25H27N5O3S.C18H21N5O/c1-33-22-13-18(11-12-21(22)29-34(31,32)15-17-7-3-2-4-8-17)20-14-30(19-9-5-6-10-19)25-23(20)24(26)27-16-28-25;1-24-15-8-11(6-7-14(15)19)13-9-23(12-4-2-3-5-12)18-16(13)17(20)21-10-22-18/h2-4,7-8,11-14,16,19,29H,5-6,9-10,15H2,1H3,(H2,26,27,28);6-10,12H,2-5,19H2,1H3,(H2,20,21,22). The minimum Gasteiger partial charge on any atom is -0.495 e. The molecule has 3 aromatic carbocycles. The molecule has 7 aromatic rings. The summed E-state index contributed by atoms with van der Waals surface area (Å²) in [5.41, 5.74) is 25.6. The third-order valence-electron chi connectivity index (χ3n) is 11.2. The lowest BCUT2D eigenvalue weighted by atomic mass is 10.1. The molecule has 0 radical (unpaired) electrons. The molecule has 4 heterocycles. The number of nitrogens with two attached hydrogens (primary N) is 3. The van der Waals surface area contributed by atoms with E-state index in [1.165, 1.54) is 58.3 Å². The number of sulfonamides is 1. The average molecular weight is 801 g/mol. The molecule has 2 aliphatic rings. The maximum absolute atomic E-state index is 12.8. The summed E-state index contributed by atoms with van der Waals surface area (Å²) in [5, 5.41) is 1.70. The van der Waals surface area contributed by atoms with Crippen molar-refractivity contribution in [3.8, 4) is 33.8 Å². The van der Waals surface area contributed by atoms with Crippen LogP contribution in [0.4, 0.5) is 23.0 Å². The van der Waals surface area contributed by atoms with E-state index in [0.717, 1.165) is 57.2 Å². The van der Waals surface area contributed by atoms with Crippen LogP contribution >= 0.6 is 0 Å². The summed E-state index contributed by atoms with van der Waals surface area (Å²) in [6.07, 6.45) is 16.8. The highest BCUT2D eigenvalue weighted by Crippen LogP contribution is 2.42. The van der Waals surface area contributed by atoms with Crippen LogP contribution in [0.15, 0.2) is 91.8 Å². The fourth-order valence-corrected chi connectivity index (χ4v) is 9.60. The Balaban J connectivity index is 0.000000172. The molecule has 15 heteroatoms. The highest BCUT2D eigenvalue weighted by atomic mass is 32.2. The highest BCUT2D eigenvalue weighted by Gasteiger charge is 2.25. The first kappa shape index (κ1) is 38.5. The average Bonchev–Trinajstić information content (AvgIpc) is 4.06. The molecule has 2 fully saturated rings. The van der Waals surface area contributed by atoms with E-state index in [1.54, 1.807) is 25.3 Å². The van der Waals surface area contributed by atoms with Gasteiger partial charge >= 0.3 is 0 Å². The number of fused-ring (bicyclic) bond motifs is 2. The fraction of sp³-hybridized carbons (Fsp3) is 0.302. The topological polar surface area (TPSA) is 204 Å². The number of aromatic nitrogens is 6. The van der Waals surface area contributed by atoms with Crippen LogP contribution in [0.3, 0.4) is 0 Å². The van der Waals surface area contributed by atoms with Gasteiger partial charge in [0.1, 0.15) is 47.1 Å². The lowest BCUT2D eigenvalue weighted by molar-refractivity contribution is 0.417. The number of nitrogen functional groups attached to an aromatic ring is 3. The second-order valence-corrected chi connectivity index (χ2v) is 16.6. The van der Waals surface area contributed by atoms with E-state index in [2.05, 4.69) is 46.2 Å². The van der Waals surface area contributed by atoms with Gasteiger partial charge in [-0.3, -0.25) is 4.72 Å². The molecule has 4 aromatic heterocycles. The maximum Gasteiger partial charge on any atom is 0.237 e. The Morgan fingerprint density at radius 3 is 1.69 bits per heavy atom. The zero-order valence-electron chi connectivity index (χ0n) is 32.6. The molecule has 9 rings (SSSR count). The molecule has 0 bridgehead atoms. The molecule has 0 amide bonds. The number of rotatable bonds is 10. The largest absolute Gasteiger partial charge is 0.495 e. The van der Waals surface area contributed by atoms with Crippen LogP contribution in [-0.4, -0.2) is 51.7 Å². The lowest BCUT2D eigenvalue weighted by Gasteiger charge is -2.13. The number of anilines is 4. The quantitative estimate of drug-likeness (QED) is 0.0972. The first-order valence-corrected chi connectivity index (χ1v) is 21.2. The molecule has 14 nitrogen and oxygen atoms in total. The molecule has 2 saturated carbocycles. The van der Waals surface area contributed by atoms with E-state index in [0.29, 0.717) is 52.2 Å². The van der Waals surface area contributed by atoms with Gasteiger partial charge in [-0.2, -0.15) is 0 Å². The number of hydrogen-bond donors (Lipinski definition) is 4. The van der Waals surface area contributed by atoms with Crippen LogP contribution in [-0.2, 0) is 15.8 Å². The molecular weight excluding hydrogens is 753 g/mol. The van der Waals surface area contributed by atoms with Crippen molar-refractivity contribution >= 4 is 55.1 Å². The van der Waals surface area contributed by atoms with Gasteiger partial charge in [0, 0.05) is 35.6 Å². The van der Waals surface area contributed by atoms with Crippen molar-refractivity contribution in [1.82, 2.24) is 29.1 Å². The van der Waals surface area contributed by atoms with Crippen LogP contribution in [0.25, 0.3) is 44.3 Å². The Labute approximate surface area is 337 Å². The van der Waals surface area contributed by atoms with E-state index >= 15 is 0 Å². The van der Waals surface area contributed by atoms with Crippen LogP contribution in [0.5, 0.6) is 11.5 Å². The monoisotopic (exact) mass is 800 g/mol. The number of methoxy groups -OCH3 is 2. The molecule has 0 unspecified atom stereocenters. The number of nitrogens with one attached hydrogen (secondary N) is 1. The predicted octanol–water partition coefficient (Wildman–Crippen LogP) is 8.13. The van der Waals surface area contributed by atoms with Crippen LogP contribution in [0, 0.1) is 0 Å². The van der Waals surface area contributed by atoms with Crippen LogP contribution in [0.1, 0.15) is 69.0 Å². The number of ether oxygens (including phenoxy) is 2. The van der Waals surface area contributed by atoms with Crippen molar-refractivity contribution in [3.63, 3.8) is 0 Å². The van der Waals surface area contributed by atoms with Gasteiger partial charge in [-0.05, 0) is 66.6 Å². The van der Waals surface area contributed by atoms with Gasteiger partial charge in [0.2, 0.25) is 10.0 Å². The van der Waals surface area contributed by atoms with Crippen LogP contribution < -0.4 is 31.4 Å². The van der Waals surface area contributed by atoms with Crippen molar-refractivity contribution in [2.75, 3.05) is 36.1 Å². The summed E-state index contributed by atoms with van der Waals surface area (Å²) in [7, 11) is -0.479. The molecule has 2 aliphatic carbocycles. The molecule has 7 N–H and O–H groups in total. The number of hydrogen-bond acceptors (Lipinski definition) is 11. The maximum atomic E-state index is 12.8. The zero-order valence-corrected chi connectivity index (χ0v) is 33.5. The zero-order chi connectivity index (χ0) is 40.4. The van der Waals surface area contributed by atoms with Gasteiger partial charge in [0.15, 0.2) is 0 Å². The van der Waals surface area contributed by atoms with Gasteiger partial charge < -0.3 is 35.8 Å². The predicted molar refractivity (Wildman–Crippen MR) is 230 cm³/mol. The lowest BCUT2D eigenvalue weighted by Crippen LogP contribution is -2.15. The van der Waals surface area contributed by atoms with Gasteiger partial charge in [-0.25, -0.2) is 28.4 Å². The summed E-state index contributed by atoms with van der Waals surface area (Å²) >= 11 is 0. The molecule has 58 heavy (non-hydrogen) atoms. The van der Waals surface area contributed by atoms with Crippen molar-refractivity contribution < 1.29 is 17.9 Å². The van der Waals surface area contributed by atoms with Crippen LogP contribution in [0.2, 0.25) is 0 Å². The highest BCUT2D eigenvalue weighted by molar-refractivity contribution is 7.91. The minimum atomic E-state index is -3.62. The second kappa shape index (κ2) is 16.3. The summed E-state index contributed by atoms with van der Waals surface area (Å²) < 4.78 is 43.6. The van der Waals surface area contributed by atoms with Gasteiger partial charge in [0.25, 0.3) is 0 Å². The van der Waals surface area contributed by atoms with E-state index in [4.69, 9.17) is 26.7 Å². The smallest absolute Gasteiger partial charge is 0.237 e. The van der Waals surface area contributed by atoms with Gasteiger partial charge in [-0.1, -0.05) is 68.1 Å². The SMILES string of the molecule is COc1cc(-c2cn(C3CCCC3)c3ncnc(N)c23)ccc1N.COc1cc(-c2cn(C3CCCC3)c3ncnc(N)c23)ccc1NS(=O)(=O)Cc1ccccc1. The van der Waals surface area contributed by atoms with Crippen molar-refractivity contribution in [2.24, 2.45) is 0 Å². The Bertz CT molecular complexity index is 2690. The summed E-state index contributed by atoms with van der Waals surface area (Å²) in [6.45, 7) is 0. The van der Waals surface area contributed by atoms with E-state index < -0.39 is 10.0 Å². The minimum absolute atomic E-state index is 0.124. The molecule has 0 spiro atoms. The molecule has 0 saturated heterocycles. The third-order valence-corrected chi connectivity index (χ3v) is 12.5. The Hall–Kier alpha value is -6.35. The van der Waals surface area contributed by atoms with E-state index in [9.17, 15) is 8.42 Å². The summed E-state index contributed by atoms with van der Waals surface area (Å²) in [4.78, 5) is 17.4. The van der Waals surface area contributed by atoms with Gasteiger partial charge in [0.05, 0.1) is 42.1 Å². The molecule has 0 aliphatic heterocycles. The van der Waals surface area contributed by atoms with E-state index in [-0.39, 0.29) is 5.75 Å². The summed E-state index contributed by atoms with van der Waals surface area (Å²) in [6, 6.07) is 21.1. The first-order valence-electron chi connectivity index (χ1n) is 19.5. The Morgan fingerprint density at radius 2 is 1.17 bits per heavy atom. The second-order valence-electron chi connectivity index (χ2n) is 14.9. The molecular formula is C43H48N10O4S. The molecule has 0 atom stereocenters. The van der Waals surface area contributed by atoms with Crippen molar-refractivity contribution in [2.45, 2.75) is 69.2 Å². The van der Waals surface area contributed by atoms with Crippen molar-refractivity contribution in [1.29, 1.82) is 0 Å². The number of nitrogens with zero attached hydrogens (tertiary/aromatic N) is 6. The Kier molecular flexibility index (Phi) is 10.8. The Morgan fingerprint density at radius 1 is 0.672 bits per heavy atom. The van der Waals surface area contributed by atoms with Crippen molar-refractivity contribution in [3.05, 3.63) is 97.3 Å². The first-order chi connectivity index (χ1) is 28.1. The van der Waals surface area contributed by atoms with Gasteiger partial charge in [-0.15, -0.1) is 0 Å².